The van der Waals surface area contributed by atoms with Crippen LogP contribution >= 0.6 is 0 Å². The first-order chi connectivity index (χ1) is 13.0. The normalized spacial score (nSPS) is 10.6. The molecule has 0 aliphatic carbocycles. The zero-order valence-electron chi connectivity index (χ0n) is 15.2. The lowest BCUT2D eigenvalue weighted by Crippen LogP contribution is -2.16. The summed E-state index contributed by atoms with van der Waals surface area (Å²) in [5, 5.41) is 0.877. The highest BCUT2D eigenvalue weighted by molar-refractivity contribution is 5.98. The number of esters is 1. The average Bonchev–Trinajstić information content (AvgIpc) is 2.66. The fourth-order valence-corrected chi connectivity index (χ4v) is 2.96. The van der Waals surface area contributed by atoms with Gasteiger partial charge in [0.15, 0.2) is 0 Å². The Bertz CT molecular complexity index is 1010. The summed E-state index contributed by atoms with van der Waals surface area (Å²) in [6.07, 6.45) is 0. The number of aryl methyl sites for hydroxylation is 1. The lowest BCUT2D eigenvalue weighted by atomic mass is 10.0. The van der Waals surface area contributed by atoms with Gasteiger partial charge >= 0.3 is 5.97 Å². The van der Waals surface area contributed by atoms with Crippen LogP contribution in [0.4, 0.5) is 0 Å². The maximum Gasteiger partial charge on any atom is 0.340 e. The Labute approximate surface area is 156 Å². The largest absolute Gasteiger partial charge is 0.486 e. The van der Waals surface area contributed by atoms with Crippen LogP contribution in [0.5, 0.6) is 5.75 Å². The van der Waals surface area contributed by atoms with E-state index in [1.54, 1.807) is 31.2 Å². The maximum atomic E-state index is 12.5. The van der Waals surface area contributed by atoms with E-state index in [0.717, 1.165) is 16.5 Å². The highest BCUT2D eigenvalue weighted by atomic mass is 16.5. The molecule has 2 N–H and O–H groups in total. The number of aromatic nitrogens is 1. The molecule has 6 nitrogen and oxygen atoms in total. The summed E-state index contributed by atoms with van der Waals surface area (Å²) in [6, 6.07) is 14.2. The van der Waals surface area contributed by atoms with Gasteiger partial charge in [-0.3, -0.25) is 4.79 Å². The molecule has 1 aromatic heterocycles. The number of benzene rings is 2. The van der Waals surface area contributed by atoms with Crippen molar-refractivity contribution in [3.8, 4) is 5.75 Å². The van der Waals surface area contributed by atoms with E-state index in [2.05, 4.69) is 4.98 Å². The first-order valence-electron chi connectivity index (χ1n) is 8.60. The summed E-state index contributed by atoms with van der Waals surface area (Å²) in [5.74, 6) is -0.693. The van der Waals surface area contributed by atoms with Crippen LogP contribution in [0, 0.1) is 6.92 Å². The van der Waals surface area contributed by atoms with E-state index in [1.165, 1.54) is 0 Å². The second-order valence-electron chi connectivity index (χ2n) is 5.95. The highest BCUT2D eigenvalue weighted by Crippen LogP contribution is 2.25. The van der Waals surface area contributed by atoms with Crippen molar-refractivity contribution >= 4 is 22.8 Å². The van der Waals surface area contributed by atoms with Crippen LogP contribution in [0.25, 0.3) is 10.9 Å². The predicted octanol–water partition coefficient (Wildman–Crippen LogP) is 3.40. The third-order valence-corrected chi connectivity index (χ3v) is 4.22. The van der Waals surface area contributed by atoms with Crippen molar-refractivity contribution in [1.82, 2.24) is 4.98 Å². The van der Waals surface area contributed by atoms with Gasteiger partial charge in [-0.15, -0.1) is 0 Å². The van der Waals surface area contributed by atoms with Gasteiger partial charge in [-0.05, 0) is 37.6 Å². The Morgan fingerprint density at radius 2 is 1.78 bits per heavy atom. The van der Waals surface area contributed by atoms with Gasteiger partial charge in [-0.1, -0.05) is 30.3 Å². The third-order valence-electron chi connectivity index (χ3n) is 4.22. The Morgan fingerprint density at radius 3 is 2.52 bits per heavy atom. The van der Waals surface area contributed by atoms with Gasteiger partial charge < -0.3 is 15.2 Å². The van der Waals surface area contributed by atoms with Gasteiger partial charge in [-0.2, -0.15) is 0 Å². The molecule has 0 saturated heterocycles. The van der Waals surface area contributed by atoms with Crippen LogP contribution in [-0.2, 0) is 11.3 Å². The number of hydrogen-bond acceptors (Lipinski definition) is 5. The van der Waals surface area contributed by atoms with Crippen molar-refractivity contribution in [1.29, 1.82) is 0 Å². The summed E-state index contributed by atoms with van der Waals surface area (Å²) < 4.78 is 11.0. The Morgan fingerprint density at radius 1 is 1.07 bits per heavy atom. The van der Waals surface area contributed by atoms with Gasteiger partial charge in [0.2, 0.25) is 0 Å². The lowest BCUT2D eigenvalue weighted by Gasteiger charge is -2.15. The molecule has 3 aromatic rings. The van der Waals surface area contributed by atoms with E-state index in [0.29, 0.717) is 17.0 Å². The minimum Gasteiger partial charge on any atom is -0.486 e. The number of ether oxygens (including phenoxy) is 2. The molecule has 0 spiro atoms. The third kappa shape index (κ3) is 3.74. The fraction of sp³-hybridized carbons (Fsp3) is 0.190. The first-order valence-corrected chi connectivity index (χ1v) is 8.60. The number of para-hydroxylation sites is 2. The van der Waals surface area contributed by atoms with Crippen LogP contribution < -0.4 is 10.5 Å². The molecule has 6 heteroatoms. The van der Waals surface area contributed by atoms with E-state index < -0.39 is 11.9 Å². The molecule has 3 rings (SSSR count). The van der Waals surface area contributed by atoms with E-state index >= 15 is 0 Å². The van der Waals surface area contributed by atoms with E-state index in [-0.39, 0.29) is 18.8 Å². The zero-order valence-corrected chi connectivity index (χ0v) is 15.2. The van der Waals surface area contributed by atoms with Gasteiger partial charge in [0.1, 0.15) is 12.4 Å². The number of primary amides is 1. The summed E-state index contributed by atoms with van der Waals surface area (Å²) in [6.45, 7) is 3.87. The molecule has 0 aliphatic rings. The maximum absolute atomic E-state index is 12.5. The number of rotatable bonds is 6. The lowest BCUT2D eigenvalue weighted by molar-refractivity contribution is 0.0521. The van der Waals surface area contributed by atoms with E-state index in [4.69, 9.17) is 15.2 Å². The average molecular weight is 364 g/mol. The smallest absolute Gasteiger partial charge is 0.340 e. The summed E-state index contributed by atoms with van der Waals surface area (Å²) in [5.41, 5.74) is 8.02. The van der Waals surface area contributed by atoms with Gasteiger partial charge in [0, 0.05) is 5.39 Å². The van der Waals surface area contributed by atoms with Crippen molar-refractivity contribution < 1.29 is 19.1 Å². The fourth-order valence-electron chi connectivity index (χ4n) is 2.96. The van der Waals surface area contributed by atoms with Crippen LogP contribution in [0.2, 0.25) is 0 Å². The van der Waals surface area contributed by atoms with Crippen molar-refractivity contribution in [3.05, 3.63) is 70.9 Å². The first kappa shape index (κ1) is 18.4. The van der Waals surface area contributed by atoms with Gasteiger partial charge in [-0.25, -0.2) is 9.78 Å². The monoisotopic (exact) mass is 364 g/mol. The molecule has 0 atom stereocenters. The molecular formula is C21H20N2O4. The Balaban J connectivity index is 2.04. The zero-order chi connectivity index (χ0) is 19.4. The van der Waals surface area contributed by atoms with Crippen LogP contribution in [0.1, 0.15) is 38.9 Å². The molecule has 138 valence electrons. The number of nitrogens with zero attached hydrogens (tertiary/aromatic N) is 1. The number of carbonyl (C=O) groups excluding carboxylic acids is 2. The van der Waals surface area contributed by atoms with Crippen molar-refractivity contribution in [2.75, 3.05) is 6.61 Å². The molecule has 0 unspecified atom stereocenters. The Kier molecular flexibility index (Phi) is 5.35. The molecule has 0 radical (unpaired) electrons. The molecule has 0 fully saturated rings. The Hall–Kier alpha value is -3.41. The minimum absolute atomic E-state index is 0.00408. The second kappa shape index (κ2) is 7.86. The highest BCUT2D eigenvalue weighted by Gasteiger charge is 2.21. The van der Waals surface area contributed by atoms with Crippen LogP contribution in [-0.4, -0.2) is 23.5 Å². The molecule has 27 heavy (non-hydrogen) atoms. The number of pyridine rings is 1. The number of hydrogen-bond donors (Lipinski definition) is 1. The number of fused-ring (bicyclic) bond motifs is 1. The predicted molar refractivity (Wildman–Crippen MR) is 102 cm³/mol. The molecule has 0 bridgehead atoms. The summed E-state index contributed by atoms with van der Waals surface area (Å²) in [4.78, 5) is 28.7. The van der Waals surface area contributed by atoms with Crippen LogP contribution in [0.3, 0.4) is 0 Å². The molecule has 1 heterocycles. The standard InChI is InChI=1S/C21H20N2O4/c1-3-26-21(25)19-13(2)14-8-4-6-10-16(14)23-17(19)12-27-18-11-7-5-9-15(18)20(22)24/h4-11H,3,12H2,1-2H3,(H2,22,24). The number of nitrogens with two attached hydrogens (primary N) is 1. The number of amides is 1. The number of carbonyl (C=O) groups is 2. The van der Waals surface area contributed by atoms with Crippen molar-refractivity contribution in [2.24, 2.45) is 5.73 Å². The molecule has 0 aliphatic heterocycles. The van der Waals surface area contributed by atoms with E-state index in [1.807, 2.05) is 31.2 Å². The van der Waals surface area contributed by atoms with Crippen molar-refractivity contribution in [2.45, 2.75) is 20.5 Å². The minimum atomic E-state index is -0.584. The quantitative estimate of drug-likeness (QED) is 0.677. The van der Waals surface area contributed by atoms with Crippen molar-refractivity contribution in [3.63, 3.8) is 0 Å². The van der Waals surface area contributed by atoms with Crippen LogP contribution in [0.15, 0.2) is 48.5 Å². The molecule has 1 amide bonds. The summed E-state index contributed by atoms with van der Waals surface area (Å²) >= 11 is 0. The van der Waals surface area contributed by atoms with E-state index in [9.17, 15) is 9.59 Å². The SMILES string of the molecule is CCOC(=O)c1c(COc2ccccc2C(N)=O)nc2ccccc2c1C. The van der Waals surface area contributed by atoms with Gasteiger partial charge in [0.05, 0.1) is 28.9 Å². The molecular weight excluding hydrogens is 344 g/mol. The molecule has 0 saturated carbocycles. The second-order valence-corrected chi connectivity index (χ2v) is 5.95. The summed E-state index contributed by atoms with van der Waals surface area (Å²) in [7, 11) is 0. The van der Waals surface area contributed by atoms with Gasteiger partial charge in [0.25, 0.3) is 5.91 Å². The molecule has 2 aromatic carbocycles. The topological polar surface area (TPSA) is 91.5 Å².